The van der Waals surface area contributed by atoms with Gasteiger partial charge in [0, 0.05) is 25.1 Å². The Morgan fingerprint density at radius 1 is 1.68 bits per heavy atom. The second-order valence-electron chi connectivity index (χ2n) is 4.68. The molecular weight excluding hydrogens is 317 g/mol. The third-order valence-electron chi connectivity index (χ3n) is 3.40. The van der Waals surface area contributed by atoms with Crippen LogP contribution in [-0.2, 0) is 4.74 Å². The summed E-state index contributed by atoms with van der Waals surface area (Å²) in [4.78, 5) is 11.9. The summed E-state index contributed by atoms with van der Waals surface area (Å²) >= 11 is 3.02. The smallest absolute Gasteiger partial charge is 0.251 e. The molecule has 1 aliphatic rings. The SMILES string of the molecule is CC1OCCC1(O)CNC(=O)c1ccc(Br)c(F)c1. The summed E-state index contributed by atoms with van der Waals surface area (Å²) < 4.78 is 18.9. The third-order valence-corrected chi connectivity index (χ3v) is 4.04. The van der Waals surface area contributed by atoms with Gasteiger partial charge in [0.25, 0.3) is 5.91 Å². The minimum atomic E-state index is -1.05. The van der Waals surface area contributed by atoms with Gasteiger partial charge in [-0.25, -0.2) is 4.39 Å². The number of carbonyl (C=O) groups is 1. The zero-order valence-corrected chi connectivity index (χ0v) is 12.0. The summed E-state index contributed by atoms with van der Waals surface area (Å²) in [7, 11) is 0. The number of carbonyl (C=O) groups excluding carboxylic acids is 1. The van der Waals surface area contributed by atoms with Crippen molar-refractivity contribution in [1.29, 1.82) is 0 Å². The van der Waals surface area contributed by atoms with Gasteiger partial charge in [0.15, 0.2) is 0 Å². The fourth-order valence-corrected chi connectivity index (χ4v) is 2.22. The highest BCUT2D eigenvalue weighted by molar-refractivity contribution is 9.10. The molecule has 0 aromatic heterocycles. The van der Waals surface area contributed by atoms with Gasteiger partial charge in [-0.2, -0.15) is 0 Å². The van der Waals surface area contributed by atoms with Gasteiger partial charge in [-0.3, -0.25) is 4.79 Å². The normalized spacial score (nSPS) is 26.4. The number of nitrogens with one attached hydrogen (secondary N) is 1. The van der Waals surface area contributed by atoms with E-state index >= 15 is 0 Å². The first-order chi connectivity index (χ1) is 8.92. The van der Waals surface area contributed by atoms with Crippen LogP contribution in [0.15, 0.2) is 22.7 Å². The summed E-state index contributed by atoms with van der Waals surface area (Å²) in [6.45, 7) is 2.32. The number of ether oxygens (including phenoxy) is 1. The van der Waals surface area contributed by atoms with E-state index in [0.717, 1.165) is 6.07 Å². The van der Waals surface area contributed by atoms with E-state index in [4.69, 9.17) is 4.74 Å². The lowest BCUT2D eigenvalue weighted by Crippen LogP contribution is -2.47. The highest BCUT2D eigenvalue weighted by Crippen LogP contribution is 2.25. The van der Waals surface area contributed by atoms with Gasteiger partial charge in [-0.05, 0) is 41.1 Å². The van der Waals surface area contributed by atoms with Crippen LogP contribution in [0.1, 0.15) is 23.7 Å². The standard InChI is InChI=1S/C13H15BrFNO3/c1-8-13(18,4-5-19-8)7-16-12(17)9-2-3-10(14)11(15)6-9/h2-3,6,8,18H,4-5,7H2,1H3,(H,16,17). The number of benzene rings is 1. The lowest BCUT2D eigenvalue weighted by atomic mass is 9.96. The number of rotatable bonds is 3. The molecule has 1 saturated heterocycles. The summed E-state index contributed by atoms with van der Waals surface area (Å²) in [5.41, 5.74) is -0.834. The van der Waals surface area contributed by atoms with Crippen LogP contribution in [0.2, 0.25) is 0 Å². The first-order valence-electron chi connectivity index (χ1n) is 5.99. The molecule has 104 valence electrons. The molecule has 0 saturated carbocycles. The molecule has 1 aromatic rings. The van der Waals surface area contributed by atoms with Crippen molar-refractivity contribution < 1.29 is 19.0 Å². The zero-order chi connectivity index (χ0) is 14.0. The Balaban J connectivity index is 1.99. The van der Waals surface area contributed by atoms with Crippen molar-refractivity contribution in [2.24, 2.45) is 0 Å². The molecular formula is C13H15BrFNO3. The lowest BCUT2D eigenvalue weighted by molar-refractivity contribution is -0.0251. The topological polar surface area (TPSA) is 58.6 Å². The van der Waals surface area contributed by atoms with Crippen LogP contribution in [0.4, 0.5) is 4.39 Å². The predicted octanol–water partition coefficient (Wildman–Crippen LogP) is 1.86. The number of hydrogen-bond acceptors (Lipinski definition) is 3. The molecule has 1 heterocycles. The van der Waals surface area contributed by atoms with Crippen LogP contribution in [0.25, 0.3) is 0 Å². The maximum absolute atomic E-state index is 13.3. The van der Waals surface area contributed by atoms with Crippen LogP contribution < -0.4 is 5.32 Å². The molecule has 2 atom stereocenters. The van der Waals surface area contributed by atoms with Crippen molar-refractivity contribution in [3.8, 4) is 0 Å². The summed E-state index contributed by atoms with van der Waals surface area (Å²) in [5, 5.41) is 12.8. The molecule has 2 N–H and O–H groups in total. The Kier molecular flexibility index (Phi) is 4.23. The van der Waals surface area contributed by atoms with Crippen molar-refractivity contribution >= 4 is 21.8 Å². The molecule has 1 aromatic carbocycles. The summed E-state index contributed by atoms with van der Waals surface area (Å²) in [6.07, 6.45) is 0.151. The highest BCUT2D eigenvalue weighted by Gasteiger charge is 2.39. The van der Waals surface area contributed by atoms with Crippen LogP contribution in [0.5, 0.6) is 0 Å². The average Bonchev–Trinajstić information content (AvgIpc) is 2.71. The second-order valence-corrected chi connectivity index (χ2v) is 5.53. The fourth-order valence-electron chi connectivity index (χ4n) is 1.98. The molecule has 0 radical (unpaired) electrons. The average molecular weight is 332 g/mol. The van der Waals surface area contributed by atoms with Crippen molar-refractivity contribution in [3.63, 3.8) is 0 Å². The van der Waals surface area contributed by atoms with Crippen LogP contribution in [0.3, 0.4) is 0 Å². The molecule has 2 rings (SSSR count). The van der Waals surface area contributed by atoms with Crippen molar-refractivity contribution in [3.05, 3.63) is 34.1 Å². The second kappa shape index (κ2) is 5.56. The molecule has 2 unspecified atom stereocenters. The molecule has 19 heavy (non-hydrogen) atoms. The van der Waals surface area contributed by atoms with E-state index in [1.807, 2.05) is 0 Å². The minimum Gasteiger partial charge on any atom is -0.385 e. The molecule has 4 nitrogen and oxygen atoms in total. The first kappa shape index (κ1) is 14.4. The van der Waals surface area contributed by atoms with Gasteiger partial charge < -0.3 is 15.2 Å². The van der Waals surface area contributed by atoms with Gasteiger partial charge in [0.1, 0.15) is 11.4 Å². The van der Waals surface area contributed by atoms with Crippen LogP contribution >= 0.6 is 15.9 Å². The molecule has 6 heteroatoms. The van der Waals surface area contributed by atoms with Gasteiger partial charge >= 0.3 is 0 Å². The van der Waals surface area contributed by atoms with E-state index in [0.29, 0.717) is 17.5 Å². The zero-order valence-electron chi connectivity index (χ0n) is 10.5. The van der Waals surface area contributed by atoms with Crippen molar-refractivity contribution in [2.45, 2.75) is 25.0 Å². The van der Waals surface area contributed by atoms with Crippen LogP contribution in [-0.4, -0.2) is 35.9 Å². The van der Waals surface area contributed by atoms with E-state index in [9.17, 15) is 14.3 Å². The number of amides is 1. The number of aliphatic hydroxyl groups is 1. The van der Waals surface area contributed by atoms with E-state index in [1.54, 1.807) is 6.92 Å². The van der Waals surface area contributed by atoms with E-state index in [1.165, 1.54) is 12.1 Å². The Hall–Kier alpha value is -0.980. The van der Waals surface area contributed by atoms with Gasteiger partial charge in [0.05, 0.1) is 10.6 Å². The molecule has 1 aliphatic heterocycles. The van der Waals surface area contributed by atoms with Crippen molar-refractivity contribution in [2.75, 3.05) is 13.2 Å². The number of halogens is 2. The lowest BCUT2D eigenvalue weighted by Gasteiger charge is -2.26. The fraction of sp³-hybridized carbons (Fsp3) is 0.462. The van der Waals surface area contributed by atoms with Crippen molar-refractivity contribution in [1.82, 2.24) is 5.32 Å². The maximum Gasteiger partial charge on any atom is 0.251 e. The van der Waals surface area contributed by atoms with Crippen LogP contribution in [0, 0.1) is 5.82 Å². The maximum atomic E-state index is 13.3. The summed E-state index contributed by atoms with van der Waals surface area (Å²) in [5.74, 6) is -0.914. The first-order valence-corrected chi connectivity index (χ1v) is 6.79. The van der Waals surface area contributed by atoms with E-state index in [-0.39, 0.29) is 18.2 Å². The molecule has 0 spiro atoms. The molecule has 1 fully saturated rings. The molecule has 0 aliphatic carbocycles. The monoisotopic (exact) mass is 331 g/mol. The third kappa shape index (κ3) is 3.13. The molecule has 1 amide bonds. The largest absolute Gasteiger partial charge is 0.385 e. The van der Waals surface area contributed by atoms with E-state index < -0.39 is 17.3 Å². The van der Waals surface area contributed by atoms with Gasteiger partial charge in [-0.15, -0.1) is 0 Å². The Morgan fingerprint density at radius 3 is 3.00 bits per heavy atom. The van der Waals surface area contributed by atoms with E-state index in [2.05, 4.69) is 21.2 Å². The predicted molar refractivity (Wildman–Crippen MR) is 71.4 cm³/mol. The Morgan fingerprint density at radius 2 is 2.42 bits per heavy atom. The Labute approximate surface area is 119 Å². The Bertz CT molecular complexity index is 497. The van der Waals surface area contributed by atoms with Gasteiger partial charge in [-0.1, -0.05) is 0 Å². The summed E-state index contributed by atoms with van der Waals surface area (Å²) in [6, 6.07) is 4.14. The van der Waals surface area contributed by atoms with Gasteiger partial charge in [0.2, 0.25) is 0 Å². The minimum absolute atomic E-state index is 0.0880. The molecule has 0 bridgehead atoms. The highest BCUT2D eigenvalue weighted by atomic mass is 79.9. The quantitative estimate of drug-likeness (QED) is 0.888. The number of hydrogen-bond donors (Lipinski definition) is 2.